The topological polar surface area (TPSA) is 75.5 Å². The number of likely N-dealkylation sites (tertiary alicyclic amines) is 1. The zero-order valence-electron chi connectivity index (χ0n) is 24.3. The summed E-state index contributed by atoms with van der Waals surface area (Å²) in [6.45, 7) is 8.77. The molecule has 2 saturated heterocycles. The van der Waals surface area contributed by atoms with Crippen molar-refractivity contribution in [3.63, 3.8) is 0 Å². The fourth-order valence-corrected chi connectivity index (χ4v) is 6.00. The van der Waals surface area contributed by atoms with E-state index in [2.05, 4.69) is 15.2 Å². The number of ether oxygens (including phenoxy) is 1. The van der Waals surface area contributed by atoms with E-state index >= 15 is 0 Å². The minimum absolute atomic E-state index is 0.106. The second-order valence-corrected chi connectivity index (χ2v) is 11.2. The number of hydrogen-bond acceptors (Lipinski definition) is 7. The maximum absolute atomic E-state index is 14.5. The van der Waals surface area contributed by atoms with Crippen molar-refractivity contribution in [1.29, 1.82) is 0 Å². The smallest absolute Gasteiger partial charge is 0.275 e. The third-order valence-corrected chi connectivity index (χ3v) is 8.30. The van der Waals surface area contributed by atoms with Gasteiger partial charge in [0, 0.05) is 32.7 Å². The lowest BCUT2D eigenvalue weighted by molar-refractivity contribution is 0.122. The molecule has 6 rings (SSSR count). The number of pyridine rings is 1. The maximum Gasteiger partial charge on any atom is 0.275 e. The Labute approximate surface area is 244 Å². The monoisotopic (exact) mass is 574 g/mol. The standard InChI is InChI=1S/C32H36F2N6O2/c1-20(22-7-6-8-23(15-22)25-17-28(34)27(33)16-24(25)19-39-9-4-5-10-39)35-30-26-18-29(40-11-13-42-14-12-40)32(41)38(3)31(26)37-21(2)36-30/h6-8,15-18,20H,4-5,9-14,19H2,1-3H3,(H,35,36,37)/t20-/m1/s1. The summed E-state index contributed by atoms with van der Waals surface area (Å²) in [5, 5.41) is 4.29. The van der Waals surface area contributed by atoms with Gasteiger partial charge in [0.15, 0.2) is 11.6 Å². The second kappa shape index (κ2) is 11.8. The van der Waals surface area contributed by atoms with Crippen LogP contribution in [0.25, 0.3) is 22.2 Å². The minimum Gasteiger partial charge on any atom is -0.378 e. The molecule has 0 unspecified atom stereocenters. The van der Waals surface area contributed by atoms with Crippen molar-refractivity contribution < 1.29 is 13.5 Å². The molecule has 2 aliphatic heterocycles. The molecule has 0 bridgehead atoms. The Hall–Kier alpha value is -3.89. The predicted molar refractivity (Wildman–Crippen MR) is 161 cm³/mol. The van der Waals surface area contributed by atoms with Gasteiger partial charge in [0.05, 0.1) is 18.6 Å². The third-order valence-electron chi connectivity index (χ3n) is 8.30. The van der Waals surface area contributed by atoms with Crippen molar-refractivity contribution in [2.24, 2.45) is 7.05 Å². The fourth-order valence-electron chi connectivity index (χ4n) is 6.00. The molecule has 4 aromatic rings. The quantitative estimate of drug-likeness (QED) is 0.326. The largest absolute Gasteiger partial charge is 0.378 e. The van der Waals surface area contributed by atoms with Crippen LogP contribution in [-0.2, 0) is 18.3 Å². The Morgan fingerprint density at radius 1 is 1.00 bits per heavy atom. The Morgan fingerprint density at radius 2 is 1.74 bits per heavy atom. The Bertz CT molecular complexity index is 1680. The van der Waals surface area contributed by atoms with Crippen LogP contribution in [-0.4, -0.2) is 58.8 Å². The van der Waals surface area contributed by atoms with E-state index in [0.29, 0.717) is 61.4 Å². The van der Waals surface area contributed by atoms with Crippen LogP contribution in [0.5, 0.6) is 0 Å². The molecule has 0 radical (unpaired) electrons. The van der Waals surface area contributed by atoms with Gasteiger partial charge in [-0.3, -0.25) is 14.3 Å². The van der Waals surface area contributed by atoms with E-state index in [0.717, 1.165) is 48.0 Å². The van der Waals surface area contributed by atoms with Crippen molar-refractivity contribution in [1.82, 2.24) is 19.4 Å². The number of morpholine rings is 1. The number of hydrogen-bond donors (Lipinski definition) is 1. The van der Waals surface area contributed by atoms with Gasteiger partial charge in [-0.15, -0.1) is 0 Å². The number of aryl methyl sites for hydroxylation is 2. The first-order valence-corrected chi connectivity index (χ1v) is 14.6. The third kappa shape index (κ3) is 5.61. The van der Waals surface area contributed by atoms with Crippen LogP contribution in [0, 0.1) is 18.6 Å². The van der Waals surface area contributed by atoms with Crippen LogP contribution in [0.2, 0.25) is 0 Å². The van der Waals surface area contributed by atoms with Gasteiger partial charge in [0.25, 0.3) is 5.56 Å². The first-order valence-electron chi connectivity index (χ1n) is 14.6. The number of fused-ring (bicyclic) bond motifs is 1. The molecule has 2 aromatic heterocycles. The number of nitrogens with one attached hydrogen (secondary N) is 1. The predicted octanol–water partition coefficient (Wildman–Crippen LogP) is 5.19. The highest BCUT2D eigenvalue weighted by Crippen LogP contribution is 2.32. The van der Waals surface area contributed by atoms with Gasteiger partial charge < -0.3 is 15.0 Å². The van der Waals surface area contributed by atoms with Gasteiger partial charge in [-0.25, -0.2) is 18.7 Å². The molecule has 1 N–H and O–H groups in total. The lowest BCUT2D eigenvalue weighted by atomic mass is 9.95. The Balaban J connectivity index is 1.35. The average Bonchev–Trinajstić information content (AvgIpc) is 3.50. The van der Waals surface area contributed by atoms with Gasteiger partial charge >= 0.3 is 0 Å². The molecule has 10 heteroatoms. The summed E-state index contributed by atoms with van der Waals surface area (Å²) >= 11 is 0. The van der Waals surface area contributed by atoms with Crippen LogP contribution < -0.4 is 15.8 Å². The van der Waals surface area contributed by atoms with E-state index in [1.165, 1.54) is 12.1 Å². The molecule has 0 spiro atoms. The van der Waals surface area contributed by atoms with E-state index in [-0.39, 0.29) is 11.6 Å². The van der Waals surface area contributed by atoms with Crippen molar-refractivity contribution in [2.75, 3.05) is 49.6 Å². The van der Waals surface area contributed by atoms with E-state index < -0.39 is 11.6 Å². The molecule has 2 fully saturated rings. The van der Waals surface area contributed by atoms with Crippen LogP contribution in [0.1, 0.15) is 42.8 Å². The van der Waals surface area contributed by atoms with Crippen LogP contribution in [0.15, 0.2) is 47.3 Å². The van der Waals surface area contributed by atoms with Crippen LogP contribution >= 0.6 is 0 Å². The molecule has 4 heterocycles. The highest BCUT2D eigenvalue weighted by atomic mass is 19.2. The van der Waals surface area contributed by atoms with E-state index in [4.69, 9.17) is 9.72 Å². The molecule has 42 heavy (non-hydrogen) atoms. The molecular weight excluding hydrogens is 538 g/mol. The summed E-state index contributed by atoms with van der Waals surface area (Å²) in [7, 11) is 1.74. The van der Waals surface area contributed by atoms with Gasteiger partial charge in [0.2, 0.25) is 0 Å². The molecule has 2 aromatic carbocycles. The molecule has 220 valence electrons. The van der Waals surface area contributed by atoms with Crippen molar-refractivity contribution in [3.8, 4) is 11.1 Å². The van der Waals surface area contributed by atoms with Crippen LogP contribution in [0.4, 0.5) is 20.3 Å². The number of benzene rings is 2. The Kier molecular flexibility index (Phi) is 7.92. The second-order valence-electron chi connectivity index (χ2n) is 11.2. The molecule has 0 saturated carbocycles. The van der Waals surface area contributed by atoms with E-state index in [9.17, 15) is 13.6 Å². The summed E-state index contributed by atoms with van der Waals surface area (Å²) in [5.41, 5.74) is 4.32. The Morgan fingerprint density at radius 3 is 2.50 bits per heavy atom. The number of nitrogens with zero attached hydrogens (tertiary/aromatic N) is 5. The van der Waals surface area contributed by atoms with Gasteiger partial charge in [0.1, 0.15) is 23.0 Å². The van der Waals surface area contributed by atoms with Gasteiger partial charge in [-0.2, -0.15) is 0 Å². The van der Waals surface area contributed by atoms with Crippen molar-refractivity contribution >= 4 is 22.5 Å². The lowest BCUT2D eigenvalue weighted by Crippen LogP contribution is -2.40. The summed E-state index contributed by atoms with van der Waals surface area (Å²) < 4.78 is 35.8. The molecule has 1 atom stereocenters. The first-order chi connectivity index (χ1) is 20.3. The summed E-state index contributed by atoms with van der Waals surface area (Å²) in [6, 6.07) is 12.2. The normalized spacial score (nSPS) is 16.7. The highest BCUT2D eigenvalue weighted by Gasteiger charge is 2.21. The number of halogens is 2. The fraction of sp³-hybridized carbons (Fsp3) is 0.406. The van der Waals surface area contributed by atoms with E-state index in [1.807, 2.05) is 42.2 Å². The molecule has 0 amide bonds. The summed E-state index contributed by atoms with van der Waals surface area (Å²) in [5.74, 6) is -0.496. The zero-order valence-corrected chi connectivity index (χ0v) is 24.3. The zero-order chi connectivity index (χ0) is 29.4. The van der Waals surface area contributed by atoms with Gasteiger partial charge in [-0.05, 0) is 86.3 Å². The van der Waals surface area contributed by atoms with Gasteiger partial charge in [-0.1, -0.05) is 18.2 Å². The van der Waals surface area contributed by atoms with E-state index in [1.54, 1.807) is 18.5 Å². The number of rotatable bonds is 7. The first kappa shape index (κ1) is 28.2. The summed E-state index contributed by atoms with van der Waals surface area (Å²) in [4.78, 5) is 26.9. The van der Waals surface area contributed by atoms with Crippen LogP contribution in [0.3, 0.4) is 0 Å². The highest BCUT2D eigenvalue weighted by molar-refractivity contribution is 5.89. The maximum atomic E-state index is 14.5. The number of aromatic nitrogens is 3. The molecular formula is C32H36F2N6O2. The average molecular weight is 575 g/mol. The molecule has 2 aliphatic rings. The van der Waals surface area contributed by atoms with Crippen molar-refractivity contribution in [2.45, 2.75) is 39.3 Å². The van der Waals surface area contributed by atoms with Crippen molar-refractivity contribution in [3.05, 3.63) is 81.4 Å². The SMILES string of the molecule is Cc1nc(N[C@H](C)c2cccc(-c3cc(F)c(F)cc3CN3CCCC3)c2)c2cc(N3CCOCC3)c(=O)n(C)c2n1. The molecule has 8 nitrogen and oxygen atoms in total. The lowest BCUT2D eigenvalue weighted by Gasteiger charge is -2.29. The molecule has 0 aliphatic carbocycles. The summed E-state index contributed by atoms with van der Waals surface area (Å²) in [6.07, 6.45) is 2.24. The number of anilines is 2. The minimum atomic E-state index is -0.851.